The van der Waals surface area contributed by atoms with E-state index in [1.165, 1.54) is 6.08 Å². The van der Waals surface area contributed by atoms with Gasteiger partial charge >= 0.3 is 0 Å². The highest BCUT2D eigenvalue weighted by Crippen LogP contribution is 2.36. The topological polar surface area (TPSA) is 80.6 Å². The van der Waals surface area contributed by atoms with Gasteiger partial charge in [0.05, 0.1) is 20.2 Å². The number of nitrogens with one attached hydrogen (secondary N) is 1. The molecule has 0 heterocycles. The Hall–Kier alpha value is -3.42. The monoisotopic (exact) mass is 732 g/mol. The highest BCUT2D eigenvalue weighted by molar-refractivity contribution is 14.1. The van der Waals surface area contributed by atoms with E-state index in [4.69, 9.17) is 49.0 Å². The van der Waals surface area contributed by atoms with Crippen LogP contribution in [0.3, 0.4) is 0 Å². The van der Waals surface area contributed by atoms with E-state index in [1.54, 1.807) is 54.6 Å². The van der Waals surface area contributed by atoms with Gasteiger partial charge in [0.25, 0.3) is 5.91 Å². The number of hydrogen-bond donors (Lipinski definition) is 1. The minimum Gasteiger partial charge on any atom is -0.490 e. The Morgan fingerprint density at radius 1 is 0.881 bits per heavy atom. The van der Waals surface area contributed by atoms with E-state index in [1.807, 2.05) is 37.3 Å². The number of rotatable bonds is 11. The molecule has 4 aromatic carbocycles. The molecule has 1 amide bonds. The summed E-state index contributed by atoms with van der Waals surface area (Å²) >= 11 is 20.2. The molecule has 0 aliphatic rings. The zero-order valence-corrected chi connectivity index (χ0v) is 26.7. The number of nitrogens with zero attached hydrogens (tertiary/aromatic N) is 1. The number of carbonyl (C=O) groups is 1. The van der Waals surface area contributed by atoms with Crippen LogP contribution >= 0.6 is 57.4 Å². The highest BCUT2D eigenvalue weighted by Gasteiger charge is 2.15. The van der Waals surface area contributed by atoms with Gasteiger partial charge in [0.2, 0.25) is 0 Å². The fourth-order valence-corrected chi connectivity index (χ4v) is 4.98. The summed E-state index contributed by atoms with van der Waals surface area (Å²) < 4.78 is 18.4. The molecule has 214 valence electrons. The first kappa shape index (κ1) is 31.5. The fourth-order valence-electron chi connectivity index (χ4n) is 3.75. The highest BCUT2D eigenvalue weighted by atomic mass is 127. The molecular formula is C32H24Cl3IN2O4. The van der Waals surface area contributed by atoms with Gasteiger partial charge in [-0.05, 0) is 113 Å². The average Bonchev–Trinajstić information content (AvgIpc) is 2.98. The summed E-state index contributed by atoms with van der Waals surface area (Å²) in [4.78, 5) is 12.9. The van der Waals surface area contributed by atoms with Crippen LogP contribution in [0.2, 0.25) is 15.1 Å². The van der Waals surface area contributed by atoms with Crippen molar-refractivity contribution in [2.45, 2.75) is 20.1 Å². The molecule has 0 radical (unpaired) electrons. The van der Waals surface area contributed by atoms with Gasteiger partial charge in [-0.15, -0.1) is 0 Å². The molecule has 42 heavy (non-hydrogen) atoms. The zero-order chi connectivity index (χ0) is 30.1. The molecule has 0 spiro atoms. The van der Waals surface area contributed by atoms with E-state index in [-0.39, 0.29) is 12.2 Å². The molecule has 0 saturated carbocycles. The maximum absolute atomic E-state index is 12.9. The molecule has 0 saturated heterocycles. The van der Waals surface area contributed by atoms with Crippen LogP contribution in [0.25, 0.3) is 6.08 Å². The van der Waals surface area contributed by atoms with E-state index < -0.39 is 5.91 Å². The Labute approximate surface area is 272 Å². The lowest BCUT2D eigenvalue weighted by Gasteiger charge is -2.15. The fraction of sp³-hybridized carbons (Fsp3) is 0.125. The van der Waals surface area contributed by atoms with E-state index in [0.29, 0.717) is 56.8 Å². The van der Waals surface area contributed by atoms with Crippen LogP contribution in [-0.2, 0) is 18.0 Å². The van der Waals surface area contributed by atoms with Gasteiger partial charge in [0.1, 0.15) is 30.6 Å². The molecule has 10 heteroatoms. The van der Waals surface area contributed by atoms with Crippen molar-refractivity contribution in [3.63, 3.8) is 0 Å². The van der Waals surface area contributed by atoms with E-state index >= 15 is 0 Å². The Bertz CT molecular complexity index is 1640. The van der Waals surface area contributed by atoms with E-state index in [9.17, 15) is 10.1 Å². The van der Waals surface area contributed by atoms with Crippen molar-refractivity contribution in [2.75, 3.05) is 11.9 Å². The zero-order valence-electron chi connectivity index (χ0n) is 22.3. The second kappa shape index (κ2) is 15.2. The van der Waals surface area contributed by atoms with Gasteiger partial charge in [-0.3, -0.25) is 4.79 Å². The second-order valence-corrected chi connectivity index (χ2v) is 11.3. The van der Waals surface area contributed by atoms with Gasteiger partial charge in [-0.1, -0.05) is 53.0 Å². The van der Waals surface area contributed by atoms with Gasteiger partial charge in [0.15, 0.2) is 11.5 Å². The molecule has 0 bridgehead atoms. The summed E-state index contributed by atoms with van der Waals surface area (Å²) in [5.74, 6) is 1.13. The predicted molar refractivity (Wildman–Crippen MR) is 176 cm³/mol. The third kappa shape index (κ3) is 8.79. The van der Waals surface area contributed by atoms with Gasteiger partial charge in [0, 0.05) is 10.7 Å². The van der Waals surface area contributed by atoms with Crippen LogP contribution in [0.1, 0.15) is 23.6 Å². The molecule has 0 aromatic heterocycles. The third-order valence-electron chi connectivity index (χ3n) is 5.81. The smallest absolute Gasteiger partial charge is 0.266 e. The summed E-state index contributed by atoms with van der Waals surface area (Å²) in [5.41, 5.74) is 2.89. The van der Waals surface area contributed by atoms with Crippen molar-refractivity contribution < 1.29 is 19.0 Å². The molecule has 0 aliphatic heterocycles. The lowest BCUT2D eigenvalue weighted by molar-refractivity contribution is -0.112. The quantitative estimate of drug-likeness (QED) is 0.0945. The number of carbonyl (C=O) groups excluding carboxylic acids is 1. The Kier molecular flexibility index (Phi) is 11.4. The summed E-state index contributed by atoms with van der Waals surface area (Å²) in [6.07, 6.45) is 1.51. The van der Waals surface area contributed by atoms with Crippen LogP contribution in [-0.4, -0.2) is 12.5 Å². The van der Waals surface area contributed by atoms with Gasteiger partial charge in [-0.25, -0.2) is 0 Å². The van der Waals surface area contributed by atoms with Crippen molar-refractivity contribution in [1.29, 1.82) is 5.26 Å². The molecule has 0 aliphatic carbocycles. The summed E-state index contributed by atoms with van der Waals surface area (Å²) in [6.45, 7) is 2.89. The Balaban J connectivity index is 1.44. The number of nitriles is 1. The first-order valence-electron chi connectivity index (χ1n) is 12.7. The van der Waals surface area contributed by atoms with Crippen LogP contribution in [0.4, 0.5) is 5.69 Å². The van der Waals surface area contributed by atoms with Crippen LogP contribution in [0.5, 0.6) is 17.2 Å². The molecule has 0 fully saturated rings. The Morgan fingerprint density at radius 2 is 1.57 bits per heavy atom. The molecule has 4 rings (SSSR count). The van der Waals surface area contributed by atoms with Crippen molar-refractivity contribution in [1.82, 2.24) is 0 Å². The lowest BCUT2D eigenvalue weighted by Crippen LogP contribution is -2.13. The van der Waals surface area contributed by atoms with Crippen LogP contribution in [0, 0.1) is 14.9 Å². The minimum absolute atomic E-state index is 0.0687. The number of anilines is 1. The van der Waals surface area contributed by atoms with Crippen molar-refractivity contribution in [2.24, 2.45) is 0 Å². The maximum atomic E-state index is 12.9. The molecule has 0 unspecified atom stereocenters. The number of ether oxygens (including phenoxy) is 3. The van der Waals surface area contributed by atoms with Crippen molar-refractivity contribution >= 4 is 75.1 Å². The molecule has 0 atom stereocenters. The predicted octanol–water partition coefficient (Wildman–Crippen LogP) is 9.35. The number of amides is 1. The standard InChI is InChI=1S/C32H24Cl3IN2O4/c1-2-40-30-16-22(15-29(36)31(30)42-19-21-5-12-27(34)28(35)14-21)13-23(17-37)32(39)38-25-8-10-26(11-9-25)41-18-20-3-6-24(33)7-4-20/h3-16H,2,18-19H2,1H3,(H,38,39)/b23-13+. The van der Waals surface area contributed by atoms with Gasteiger partial charge in [-0.2, -0.15) is 5.26 Å². The number of halogens is 4. The molecule has 1 N–H and O–H groups in total. The molecular weight excluding hydrogens is 710 g/mol. The lowest BCUT2D eigenvalue weighted by atomic mass is 10.1. The minimum atomic E-state index is -0.541. The van der Waals surface area contributed by atoms with Crippen LogP contribution < -0.4 is 19.5 Å². The first-order valence-corrected chi connectivity index (χ1v) is 14.9. The SMILES string of the molecule is CCOc1cc(/C=C(\C#N)C(=O)Nc2ccc(OCc3ccc(Cl)cc3)cc2)cc(I)c1OCc1ccc(Cl)c(Cl)c1. The summed E-state index contributed by atoms with van der Waals surface area (Å²) in [7, 11) is 0. The second-order valence-electron chi connectivity index (χ2n) is 8.86. The van der Waals surface area contributed by atoms with E-state index in [0.717, 1.165) is 14.7 Å². The molecule has 6 nitrogen and oxygen atoms in total. The first-order chi connectivity index (χ1) is 20.2. The average molecular weight is 734 g/mol. The van der Waals surface area contributed by atoms with Gasteiger partial charge < -0.3 is 19.5 Å². The van der Waals surface area contributed by atoms with Crippen LogP contribution in [0.15, 0.2) is 84.4 Å². The third-order valence-corrected chi connectivity index (χ3v) is 7.60. The summed E-state index contributed by atoms with van der Waals surface area (Å²) in [6, 6.07) is 25.1. The largest absolute Gasteiger partial charge is 0.490 e. The van der Waals surface area contributed by atoms with Crippen molar-refractivity contribution in [3.05, 3.63) is 120 Å². The number of benzene rings is 4. The Morgan fingerprint density at radius 3 is 2.24 bits per heavy atom. The van der Waals surface area contributed by atoms with E-state index in [2.05, 4.69) is 27.9 Å². The summed E-state index contributed by atoms with van der Waals surface area (Å²) in [5, 5.41) is 14.1. The normalized spacial score (nSPS) is 11.0. The molecule has 4 aromatic rings. The number of hydrogen-bond acceptors (Lipinski definition) is 5. The van der Waals surface area contributed by atoms with Crippen molar-refractivity contribution in [3.8, 4) is 23.3 Å². The maximum Gasteiger partial charge on any atom is 0.266 e.